The SMILES string of the molecule is CC(C)c1cccc(C(C)C)c1-c1cc(Oc2[c-]c3c(cc2)c2ccccc2n3-c2cc(C(C)(C)C)ccn2)[c-]c(N2[CH-]N(c3c(-c4cc(C(C)(C)C)cc(C(C)(C)C)c4)cc(-c4ccccc4)cc3-c3c(F)cc(F)cc3F)c3ccccc32)c1.[Pt]. The number of para-hydroxylation sites is 3. The number of fused-ring (bicyclic) bond motifs is 4. The summed E-state index contributed by atoms with van der Waals surface area (Å²) in [5.41, 5.74) is 14.8. The number of benzene rings is 9. The second-order valence-electron chi connectivity index (χ2n) is 26.6. The van der Waals surface area contributed by atoms with E-state index in [0.29, 0.717) is 22.9 Å². The van der Waals surface area contributed by atoms with Crippen molar-refractivity contribution in [1.29, 1.82) is 0 Å². The second-order valence-corrected chi connectivity index (χ2v) is 26.6. The predicted molar refractivity (Wildman–Crippen MR) is 350 cm³/mol. The van der Waals surface area contributed by atoms with Crippen molar-refractivity contribution in [2.45, 2.75) is 118 Å². The van der Waals surface area contributed by atoms with E-state index in [2.05, 4.69) is 203 Å². The number of rotatable bonds is 11. The minimum Gasteiger partial charge on any atom is -0.509 e. The van der Waals surface area contributed by atoms with Crippen LogP contribution in [0.25, 0.3) is 72.1 Å². The first kappa shape index (κ1) is 60.5. The number of pyridine rings is 1. The molecule has 0 saturated heterocycles. The zero-order valence-electron chi connectivity index (χ0n) is 51.7. The van der Waals surface area contributed by atoms with E-state index in [1.165, 1.54) is 11.1 Å². The Kier molecular flexibility index (Phi) is 16.1. The molecule has 0 radical (unpaired) electrons. The van der Waals surface area contributed by atoms with Gasteiger partial charge in [-0.25, -0.2) is 18.2 Å². The predicted octanol–water partition coefficient (Wildman–Crippen LogP) is 22.2. The van der Waals surface area contributed by atoms with Gasteiger partial charge in [0, 0.05) is 84.6 Å². The number of nitrogens with zero attached hydrogens (tertiary/aromatic N) is 4. The Morgan fingerprint density at radius 2 is 1.08 bits per heavy atom. The Bertz CT molecular complexity index is 4350. The number of ether oxygens (including phenoxy) is 1. The number of aromatic nitrogens is 2. The molecule has 5 nitrogen and oxygen atoms in total. The van der Waals surface area contributed by atoms with E-state index in [0.717, 1.165) is 101 Å². The average molecular weight is 1330 g/mol. The van der Waals surface area contributed by atoms with Gasteiger partial charge >= 0.3 is 0 Å². The molecule has 0 unspecified atom stereocenters. The van der Waals surface area contributed by atoms with Crippen LogP contribution in [0, 0.1) is 36.3 Å². The maximum Gasteiger partial charge on any atom is 0.136 e. The summed E-state index contributed by atoms with van der Waals surface area (Å²) in [6.07, 6.45) is 1.88. The molecular weight excluding hydrogens is 1260 g/mol. The van der Waals surface area contributed by atoms with Crippen molar-refractivity contribution < 1.29 is 39.0 Å². The second kappa shape index (κ2) is 23.2. The summed E-state index contributed by atoms with van der Waals surface area (Å²) in [7, 11) is 0. The quantitative estimate of drug-likeness (QED) is 0.121. The number of hydrogen-bond acceptors (Lipinski definition) is 4. The molecule has 0 fully saturated rings. The summed E-state index contributed by atoms with van der Waals surface area (Å²) in [4.78, 5) is 9.05. The van der Waals surface area contributed by atoms with Crippen molar-refractivity contribution in [3.05, 3.63) is 246 Å². The summed E-state index contributed by atoms with van der Waals surface area (Å²) >= 11 is 0. The molecule has 1 aliphatic rings. The maximum atomic E-state index is 17.0. The first-order chi connectivity index (χ1) is 40.9. The zero-order chi connectivity index (χ0) is 60.7. The number of anilines is 4. The summed E-state index contributed by atoms with van der Waals surface area (Å²) in [5, 5.41) is 2.09. The summed E-state index contributed by atoms with van der Waals surface area (Å²) in [6.45, 7) is 30.7. The van der Waals surface area contributed by atoms with E-state index in [1.807, 2.05) is 90.6 Å². The Morgan fingerprint density at radius 3 is 1.71 bits per heavy atom. The molecule has 444 valence electrons. The Hall–Kier alpha value is -8.19. The third-order valence-corrected chi connectivity index (χ3v) is 16.7. The van der Waals surface area contributed by atoms with Gasteiger partial charge in [0.15, 0.2) is 0 Å². The average Bonchev–Trinajstić information content (AvgIpc) is 1.77. The largest absolute Gasteiger partial charge is 0.509 e. The fraction of sp³-hybridized carbons (Fsp3) is 0.231. The van der Waals surface area contributed by atoms with Crippen molar-refractivity contribution >= 4 is 44.6 Å². The van der Waals surface area contributed by atoms with Gasteiger partial charge in [0.25, 0.3) is 0 Å². The standard InChI is InChI=1S/C78H72F3N4O.Pt/c1-47(2)60-25-21-26-61(48(3)4)73(60)52-36-57(44-59(37-52)86-58-30-31-63-62-24-17-18-27-68(62)85(71(63)45-58)72-41-53(32-33-82-72)76(5,6)7)83-46-84(70-29-20-19-28-69(70)83)75-64(51-34-54(77(8,9)10)40-55(35-51)78(11,12)13)38-50(49-22-15-14-16-23-49)39-65(75)74-66(80)42-56(79)43-67(74)81;/h14-43,46-48H,1-13H3;/q-3;. The van der Waals surface area contributed by atoms with Crippen LogP contribution in [0.1, 0.15) is 130 Å². The molecule has 0 saturated carbocycles. The summed E-state index contributed by atoms with van der Waals surface area (Å²) in [5.74, 6) is -0.939. The first-order valence-corrected chi connectivity index (χ1v) is 29.8. The minimum absolute atomic E-state index is 0. The number of hydrogen-bond donors (Lipinski definition) is 0. The molecule has 0 atom stereocenters. The molecule has 0 bridgehead atoms. The van der Waals surface area contributed by atoms with Gasteiger partial charge in [-0.3, -0.25) is 0 Å². The third kappa shape index (κ3) is 11.5. The molecule has 0 amide bonds. The van der Waals surface area contributed by atoms with Gasteiger partial charge < -0.3 is 19.1 Å². The molecule has 87 heavy (non-hydrogen) atoms. The van der Waals surface area contributed by atoms with E-state index in [9.17, 15) is 0 Å². The van der Waals surface area contributed by atoms with Gasteiger partial charge in [0.2, 0.25) is 0 Å². The van der Waals surface area contributed by atoms with Gasteiger partial charge in [0.1, 0.15) is 23.3 Å². The molecule has 9 heteroatoms. The molecule has 2 aromatic heterocycles. The van der Waals surface area contributed by atoms with Crippen LogP contribution in [0.15, 0.2) is 182 Å². The van der Waals surface area contributed by atoms with Crippen LogP contribution in [0.5, 0.6) is 11.5 Å². The van der Waals surface area contributed by atoms with E-state index in [1.54, 1.807) is 0 Å². The van der Waals surface area contributed by atoms with Crippen LogP contribution in [0.4, 0.5) is 35.9 Å². The van der Waals surface area contributed by atoms with Crippen molar-refractivity contribution in [3.63, 3.8) is 0 Å². The Balaban J connectivity index is 0.00000784. The van der Waals surface area contributed by atoms with E-state index >= 15 is 13.2 Å². The molecule has 9 aromatic carbocycles. The molecule has 11 aromatic rings. The Morgan fingerprint density at radius 1 is 0.483 bits per heavy atom. The van der Waals surface area contributed by atoms with Gasteiger partial charge in [-0.15, -0.1) is 53.6 Å². The normalized spacial score (nSPS) is 12.9. The van der Waals surface area contributed by atoms with E-state index < -0.39 is 17.5 Å². The van der Waals surface area contributed by atoms with Crippen molar-refractivity contribution in [2.24, 2.45) is 0 Å². The van der Waals surface area contributed by atoms with Gasteiger partial charge in [0.05, 0.1) is 5.56 Å². The van der Waals surface area contributed by atoms with Crippen LogP contribution in [0.2, 0.25) is 0 Å². The first-order valence-electron chi connectivity index (χ1n) is 29.8. The van der Waals surface area contributed by atoms with Crippen LogP contribution in [0.3, 0.4) is 0 Å². The van der Waals surface area contributed by atoms with Crippen molar-refractivity contribution in [1.82, 2.24) is 9.55 Å². The zero-order valence-corrected chi connectivity index (χ0v) is 54.0. The molecule has 0 spiro atoms. The third-order valence-electron chi connectivity index (χ3n) is 16.7. The molecule has 3 heterocycles. The Labute approximate surface area is 525 Å². The fourth-order valence-corrected chi connectivity index (χ4v) is 12.1. The van der Waals surface area contributed by atoms with Gasteiger partial charge in [-0.1, -0.05) is 193 Å². The van der Waals surface area contributed by atoms with Crippen molar-refractivity contribution in [3.8, 4) is 61.8 Å². The summed E-state index contributed by atoms with van der Waals surface area (Å²) < 4.78 is 58.4. The fourth-order valence-electron chi connectivity index (χ4n) is 12.1. The topological polar surface area (TPSA) is 33.5 Å². The molecule has 1 aliphatic heterocycles. The molecule has 0 aliphatic carbocycles. The van der Waals surface area contributed by atoms with Gasteiger partial charge in [-0.2, -0.15) is 6.07 Å². The number of halogens is 3. The van der Waals surface area contributed by atoms with Crippen molar-refractivity contribution in [2.75, 3.05) is 9.80 Å². The van der Waals surface area contributed by atoms with Gasteiger partial charge in [-0.05, 0) is 126 Å². The van der Waals surface area contributed by atoms with Crippen LogP contribution >= 0.6 is 0 Å². The van der Waals surface area contributed by atoms with Crippen LogP contribution in [-0.2, 0) is 37.3 Å². The molecule has 0 N–H and O–H groups in total. The maximum absolute atomic E-state index is 17.0. The monoisotopic (exact) mass is 1330 g/mol. The molecule has 12 rings (SSSR count). The van der Waals surface area contributed by atoms with E-state index in [-0.39, 0.29) is 60.3 Å². The minimum atomic E-state index is -1.01. The van der Waals surface area contributed by atoms with Crippen LogP contribution in [-0.4, -0.2) is 9.55 Å². The molecular formula is C78H72F3N4OPt-3. The smallest absolute Gasteiger partial charge is 0.136 e. The van der Waals surface area contributed by atoms with Crippen LogP contribution < -0.4 is 14.5 Å². The summed E-state index contributed by atoms with van der Waals surface area (Å²) in [6, 6.07) is 65.0. The van der Waals surface area contributed by atoms with E-state index in [4.69, 9.17) is 9.72 Å².